The fourth-order valence-electron chi connectivity index (χ4n) is 6.43. The molecule has 0 spiro atoms. The second-order valence-corrected chi connectivity index (χ2v) is 8.02. The number of carbonyl (C=O) groups excluding carboxylic acids is 1. The van der Waals surface area contributed by atoms with Gasteiger partial charge in [-0.05, 0) is 74.0 Å². The SMILES string of the molecule is O=C(OC1CC2CC1C1CCCC21)C1CC2C=CC1C2. The summed E-state index contributed by atoms with van der Waals surface area (Å²) < 4.78 is 6.02. The highest BCUT2D eigenvalue weighted by Gasteiger charge is 2.55. The molecule has 4 bridgehead atoms. The molecule has 0 amide bonds. The first-order valence-corrected chi connectivity index (χ1v) is 8.68. The lowest BCUT2D eigenvalue weighted by molar-refractivity contribution is -0.159. The van der Waals surface area contributed by atoms with E-state index in [1.165, 1.54) is 38.5 Å². The van der Waals surface area contributed by atoms with Crippen LogP contribution in [0.15, 0.2) is 12.2 Å². The van der Waals surface area contributed by atoms with Crippen LogP contribution in [0, 0.1) is 41.4 Å². The van der Waals surface area contributed by atoms with Crippen LogP contribution in [0.5, 0.6) is 0 Å². The van der Waals surface area contributed by atoms with Crippen molar-refractivity contribution in [3.05, 3.63) is 12.2 Å². The van der Waals surface area contributed by atoms with Crippen molar-refractivity contribution >= 4 is 5.97 Å². The average Bonchev–Trinajstić information content (AvgIpc) is 3.21. The standard InChI is InChI=1S/C18H24O2/c19-18(15-7-10-4-5-11(15)6-10)20-17-9-12-8-16(17)14-3-1-2-13(12)14/h4-5,10-17H,1-3,6-9H2. The Kier molecular flexibility index (Phi) is 2.43. The molecule has 0 aliphatic heterocycles. The van der Waals surface area contributed by atoms with Crippen LogP contribution in [0.3, 0.4) is 0 Å². The fourth-order valence-corrected chi connectivity index (χ4v) is 6.43. The first-order chi connectivity index (χ1) is 9.79. The van der Waals surface area contributed by atoms with Gasteiger partial charge in [-0.15, -0.1) is 0 Å². The van der Waals surface area contributed by atoms with Gasteiger partial charge >= 0.3 is 5.97 Å². The van der Waals surface area contributed by atoms with Gasteiger partial charge in [0, 0.05) is 0 Å². The molecule has 0 aromatic heterocycles. The van der Waals surface area contributed by atoms with Gasteiger partial charge in [0.05, 0.1) is 5.92 Å². The molecule has 0 aromatic rings. The van der Waals surface area contributed by atoms with Crippen LogP contribution in [0.2, 0.25) is 0 Å². The quantitative estimate of drug-likeness (QED) is 0.567. The highest BCUT2D eigenvalue weighted by atomic mass is 16.5. The first-order valence-electron chi connectivity index (χ1n) is 8.68. The van der Waals surface area contributed by atoms with Crippen LogP contribution in [-0.4, -0.2) is 12.1 Å². The van der Waals surface area contributed by atoms with Gasteiger partial charge in [-0.2, -0.15) is 0 Å². The van der Waals surface area contributed by atoms with Gasteiger partial charge in [0.1, 0.15) is 6.10 Å². The van der Waals surface area contributed by atoms with Crippen LogP contribution < -0.4 is 0 Å². The van der Waals surface area contributed by atoms with Gasteiger partial charge in [0.25, 0.3) is 0 Å². The Hall–Kier alpha value is -0.790. The summed E-state index contributed by atoms with van der Waals surface area (Å²) in [4.78, 5) is 12.5. The number of fused-ring (bicyclic) bond motifs is 7. The average molecular weight is 272 g/mol. The molecule has 20 heavy (non-hydrogen) atoms. The van der Waals surface area contributed by atoms with Crippen LogP contribution in [-0.2, 0) is 9.53 Å². The lowest BCUT2D eigenvalue weighted by Gasteiger charge is -2.32. The largest absolute Gasteiger partial charge is 0.462 e. The van der Waals surface area contributed by atoms with Gasteiger partial charge in [-0.3, -0.25) is 4.79 Å². The topological polar surface area (TPSA) is 26.3 Å². The molecule has 108 valence electrons. The van der Waals surface area contributed by atoms with E-state index in [0.29, 0.717) is 17.8 Å². The van der Waals surface area contributed by atoms with Crippen molar-refractivity contribution in [3.63, 3.8) is 0 Å². The van der Waals surface area contributed by atoms with E-state index < -0.39 is 0 Å². The van der Waals surface area contributed by atoms with Gasteiger partial charge < -0.3 is 4.74 Å². The Labute approximate surface area is 120 Å². The van der Waals surface area contributed by atoms with Crippen LogP contribution in [0.1, 0.15) is 44.9 Å². The van der Waals surface area contributed by atoms with Crippen molar-refractivity contribution in [3.8, 4) is 0 Å². The van der Waals surface area contributed by atoms with Gasteiger partial charge in [-0.25, -0.2) is 0 Å². The van der Waals surface area contributed by atoms with Crippen LogP contribution in [0.4, 0.5) is 0 Å². The molecular formula is C18H24O2. The van der Waals surface area contributed by atoms with E-state index in [2.05, 4.69) is 12.2 Å². The Morgan fingerprint density at radius 3 is 2.65 bits per heavy atom. The zero-order valence-corrected chi connectivity index (χ0v) is 12.0. The minimum absolute atomic E-state index is 0.133. The maximum atomic E-state index is 12.5. The lowest BCUT2D eigenvalue weighted by atomic mass is 9.80. The molecular weight excluding hydrogens is 248 g/mol. The number of rotatable bonds is 2. The fraction of sp³-hybridized carbons (Fsp3) is 0.833. The normalized spacial score (nSPS) is 54.6. The molecule has 8 atom stereocenters. The van der Waals surface area contributed by atoms with E-state index in [1.54, 1.807) is 0 Å². The van der Waals surface area contributed by atoms with E-state index in [4.69, 9.17) is 4.74 Å². The van der Waals surface area contributed by atoms with Crippen molar-refractivity contribution < 1.29 is 9.53 Å². The maximum absolute atomic E-state index is 12.5. The highest BCUT2D eigenvalue weighted by Crippen LogP contribution is 2.59. The molecule has 8 unspecified atom stereocenters. The van der Waals surface area contributed by atoms with Crippen molar-refractivity contribution in [1.82, 2.24) is 0 Å². The predicted molar refractivity (Wildman–Crippen MR) is 75.8 cm³/mol. The summed E-state index contributed by atoms with van der Waals surface area (Å²) in [5.41, 5.74) is 0. The number of carbonyl (C=O) groups is 1. The van der Waals surface area contributed by atoms with Crippen molar-refractivity contribution in [2.75, 3.05) is 0 Å². The highest BCUT2D eigenvalue weighted by molar-refractivity contribution is 5.74. The summed E-state index contributed by atoms with van der Waals surface area (Å²) in [6.07, 6.45) is 13.9. The third-order valence-electron chi connectivity index (χ3n) is 7.22. The number of allylic oxidation sites excluding steroid dienone is 2. The second-order valence-electron chi connectivity index (χ2n) is 8.02. The molecule has 0 heterocycles. The van der Waals surface area contributed by atoms with E-state index in [-0.39, 0.29) is 18.0 Å². The van der Waals surface area contributed by atoms with Crippen LogP contribution in [0.25, 0.3) is 0 Å². The Balaban J connectivity index is 1.27. The molecule has 0 N–H and O–H groups in total. The van der Waals surface area contributed by atoms with E-state index >= 15 is 0 Å². The molecule has 2 heteroatoms. The molecule has 5 aliphatic rings. The molecule has 0 radical (unpaired) electrons. The number of ether oxygens (including phenoxy) is 1. The molecule has 4 saturated carbocycles. The zero-order chi connectivity index (χ0) is 13.3. The summed E-state index contributed by atoms with van der Waals surface area (Å²) in [6, 6.07) is 0. The number of hydrogen-bond acceptors (Lipinski definition) is 2. The van der Waals surface area contributed by atoms with E-state index in [0.717, 1.165) is 24.2 Å². The van der Waals surface area contributed by atoms with E-state index in [9.17, 15) is 4.79 Å². The van der Waals surface area contributed by atoms with Gasteiger partial charge in [0.2, 0.25) is 0 Å². The summed E-state index contributed by atoms with van der Waals surface area (Å²) in [6.45, 7) is 0. The van der Waals surface area contributed by atoms with Crippen LogP contribution >= 0.6 is 0 Å². The summed E-state index contributed by atoms with van der Waals surface area (Å²) in [5.74, 6) is 4.95. The second kappa shape index (κ2) is 4.11. The molecule has 5 aliphatic carbocycles. The van der Waals surface area contributed by atoms with Gasteiger partial charge in [0.15, 0.2) is 0 Å². The number of esters is 1. The summed E-state index contributed by atoms with van der Waals surface area (Å²) in [5, 5.41) is 0. The summed E-state index contributed by atoms with van der Waals surface area (Å²) in [7, 11) is 0. The van der Waals surface area contributed by atoms with Crippen molar-refractivity contribution in [2.24, 2.45) is 41.4 Å². The maximum Gasteiger partial charge on any atom is 0.309 e. The van der Waals surface area contributed by atoms with Gasteiger partial charge in [-0.1, -0.05) is 18.6 Å². The van der Waals surface area contributed by atoms with Crippen molar-refractivity contribution in [2.45, 2.75) is 51.0 Å². The predicted octanol–water partition coefficient (Wildman–Crippen LogP) is 3.57. The van der Waals surface area contributed by atoms with Crippen molar-refractivity contribution in [1.29, 1.82) is 0 Å². The Morgan fingerprint density at radius 1 is 0.950 bits per heavy atom. The Bertz CT molecular complexity index is 468. The third kappa shape index (κ3) is 1.54. The Morgan fingerprint density at radius 2 is 1.85 bits per heavy atom. The molecule has 2 nitrogen and oxygen atoms in total. The minimum Gasteiger partial charge on any atom is -0.462 e. The first kappa shape index (κ1) is 11.8. The lowest BCUT2D eigenvalue weighted by Crippen LogP contribution is -2.34. The monoisotopic (exact) mass is 272 g/mol. The van der Waals surface area contributed by atoms with E-state index in [1.807, 2.05) is 0 Å². The molecule has 0 aromatic carbocycles. The summed E-state index contributed by atoms with van der Waals surface area (Å²) >= 11 is 0. The minimum atomic E-state index is 0.133. The molecule has 0 saturated heterocycles. The number of hydrogen-bond donors (Lipinski definition) is 0. The third-order valence-corrected chi connectivity index (χ3v) is 7.22. The molecule has 5 rings (SSSR count). The molecule has 4 fully saturated rings. The zero-order valence-electron chi connectivity index (χ0n) is 12.0. The smallest absolute Gasteiger partial charge is 0.309 e.